The fourth-order valence-corrected chi connectivity index (χ4v) is 1.53. The van der Waals surface area contributed by atoms with E-state index < -0.39 is 0 Å². The van der Waals surface area contributed by atoms with Crippen molar-refractivity contribution in [2.45, 2.75) is 6.92 Å². The predicted octanol–water partition coefficient (Wildman–Crippen LogP) is 2.65. The third-order valence-corrected chi connectivity index (χ3v) is 2.54. The summed E-state index contributed by atoms with van der Waals surface area (Å²) in [5.74, 6) is 0.760. The van der Waals surface area contributed by atoms with Gasteiger partial charge in [-0.2, -0.15) is 0 Å². The van der Waals surface area contributed by atoms with Crippen molar-refractivity contribution in [1.82, 2.24) is 4.98 Å². The normalized spacial score (nSPS) is 9.89. The smallest absolute Gasteiger partial charge is 0.256 e. The van der Waals surface area contributed by atoms with Gasteiger partial charge in [0.25, 0.3) is 5.91 Å². The summed E-state index contributed by atoms with van der Waals surface area (Å²) in [7, 11) is 1.54. The minimum absolute atomic E-state index is 0.202. The maximum absolute atomic E-state index is 12.0. The number of aryl methyl sites for hydroxylation is 1. The van der Waals surface area contributed by atoms with Crippen LogP contribution in [0, 0.1) is 6.92 Å². The molecule has 1 aromatic carbocycles. The number of amides is 1. The van der Waals surface area contributed by atoms with Crippen molar-refractivity contribution in [3.05, 3.63) is 53.7 Å². The topological polar surface area (TPSA) is 51.2 Å². The number of rotatable bonds is 3. The van der Waals surface area contributed by atoms with E-state index in [0.717, 1.165) is 5.56 Å². The Labute approximate surface area is 106 Å². The largest absolute Gasteiger partial charge is 0.493 e. The highest BCUT2D eigenvalue weighted by Gasteiger charge is 2.09. The molecule has 0 aliphatic carbocycles. The Morgan fingerprint density at radius 3 is 2.61 bits per heavy atom. The minimum Gasteiger partial charge on any atom is -0.493 e. The average Bonchev–Trinajstić information content (AvgIpc) is 2.40. The van der Waals surface area contributed by atoms with Crippen molar-refractivity contribution >= 4 is 11.7 Å². The van der Waals surface area contributed by atoms with E-state index in [0.29, 0.717) is 17.1 Å². The third-order valence-electron chi connectivity index (χ3n) is 2.54. The molecule has 0 saturated heterocycles. The Kier molecular flexibility index (Phi) is 3.57. The van der Waals surface area contributed by atoms with Crippen LogP contribution >= 0.6 is 0 Å². The number of carbonyl (C=O) groups is 1. The molecule has 18 heavy (non-hydrogen) atoms. The molecule has 0 aliphatic rings. The number of pyridine rings is 1. The van der Waals surface area contributed by atoms with Gasteiger partial charge in [0.15, 0.2) is 11.6 Å². The summed E-state index contributed by atoms with van der Waals surface area (Å²) in [5.41, 5.74) is 1.70. The zero-order chi connectivity index (χ0) is 13.0. The van der Waals surface area contributed by atoms with Crippen molar-refractivity contribution in [2.24, 2.45) is 0 Å². The van der Waals surface area contributed by atoms with Crippen LogP contribution < -0.4 is 10.1 Å². The first-order chi connectivity index (χ1) is 8.70. The molecule has 2 aromatic rings. The van der Waals surface area contributed by atoms with E-state index >= 15 is 0 Å². The van der Waals surface area contributed by atoms with Gasteiger partial charge >= 0.3 is 0 Å². The van der Waals surface area contributed by atoms with E-state index in [1.807, 2.05) is 19.1 Å². The van der Waals surface area contributed by atoms with Gasteiger partial charge < -0.3 is 10.1 Å². The summed E-state index contributed by atoms with van der Waals surface area (Å²) < 4.78 is 5.12. The van der Waals surface area contributed by atoms with Gasteiger partial charge in [-0.05, 0) is 31.2 Å². The van der Waals surface area contributed by atoms with Crippen molar-refractivity contribution in [3.8, 4) is 5.75 Å². The lowest BCUT2D eigenvalue weighted by molar-refractivity contribution is 0.102. The predicted molar refractivity (Wildman–Crippen MR) is 69.9 cm³/mol. The third kappa shape index (κ3) is 2.66. The van der Waals surface area contributed by atoms with Gasteiger partial charge in [0.05, 0.1) is 7.11 Å². The maximum Gasteiger partial charge on any atom is 0.256 e. The van der Waals surface area contributed by atoms with Crippen molar-refractivity contribution in [2.75, 3.05) is 12.4 Å². The van der Waals surface area contributed by atoms with Crippen LogP contribution in [0.15, 0.2) is 42.6 Å². The summed E-state index contributed by atoms with van der Waals surface area (Å²) in [5, 5.41) is 2.72. The molecule has 0 spiro atoms. The summed E-state index contributed by atoms with van der Waals surface area (Å²) in [4.78, 5) is 16.1. The number of methoxy groups -OCH3 is 1. The Bertz CT molecular complexity index is 550. The molecule has 0 radical (unpaired) electrons. The fraction of sp³-hybridized carbons (Fsp3) is 0.143. The summed E-state index contributed by atoms with van der Waals surface area (Å²) in [6, 6.07) is 10.8. The molecule has 1 aromatic heterocycles. The first-order valence-corrected chi connectivity index (χ1v) is 5.58. The summed E-state index contributed by atoms with van der Waals surface area (Å²) in [6.45, 7) is 1.98. The number of nitrogens with zero attached hydrogens (tertiary/aromatic N) is 1. The zero-order valence-electron chi connectivity index (χ0n) is 10.3. The standard InChI is InChI=1S/C14H14N2O2/c1-10-5-7-11(8-6-10)14(17)16-13-12(18-2)4-3-9-15-13/h3-9H,1-2H3,(H,15,16,17). The number of hydrogen-bond acceptors (Lipinski definition) is 3. The lowest BCUT2D eigenvalue weighted by Crippen LogP contribution is -2.13. The molecular formula is C14H14N2O2. The lowest BCUT2D eigenvalue weighted by Gasteiger charge is -2.08. The molecule has 4 heteroatoms. The second-order valence-electron chi connectivity index (χ2n) is 3.87. The van der Waals surface area contributed by atoms with E-state index in [-0.39, 0.29) is 5.91 Å². The van der Waals surface area contributed by atoms with Crippen LogP contribution in [0.1, 0.15) is 15.9 Å². The molecule has 4 nitrogen and oxygen atoms in total. The number of hydrogen-bond donors (Lipinski definition) is 1. The van der Waals surface area contributed by atoms with E-state index in [2.05, 4.69) is 10.3 Å². The SMILES string of the molecule is COc1cccnc1NC(=O)c1ccc(C)cc1. The van der Waals surface area contributed by atoms with Gasteiger partial charge in [0, 0.05) is 11.8 Å². The molecule has 0 saturated carbocycles. The Balaban J connectivity index is 2.18. The van der Waals surface area contributed by atoms with Crippen LogP contribution in [-0.4, -0.2) is 18.0 Å². The Hall–Kier alpha value is -2.36. The van der Waals surface area contributed by atoms with Gasteiger partial charge in [-0.25, -0.2) is 4.98 Å². The fourth-order valence-electron chi connectivity index (χ4n) is 1.53. The van der Waals surface area contributed by atoms with Crippen LogP contribution in [0.5, 0.6) is 5.75 Å². The lowest BCUT2D eigenvalue weighted by atomic mass is 10.1. The highest BCUT2D eigenvalue weighted by Crippen LogP contribution is 2.20. The van der Waals surface area contributed by atoms with Crippen molar-refractivity contribution in [1.29, 1.82) is 0 Å². The summed E-state index contributed by atoms with van der Waals surface area (Å²) in [6.07, 6.45) is 1.60. The quantitative estimate of drug-likeness (QED) is 0.900. The highest BCUT2D eigenvalue weighted by molar-refractivity contribution is 6.04. The molecule has 0 bridgehead atoms. The van der Waals surface area contributed by atoms with Gasteiger partial charge in [-0.3, -0.25) is 4.79 Å². The molecule has 0 aliphatic heterocycles. The number of benzene rings is 1. The number of anilines is 1. The minimum atomic E-state index is -0.202. The number of ether oxygens (including phenoxy) is 1. The summed E-state index contributed by atoms with van der Waals surface area (Å²) >= 11 is 0. The Morgan fingerprint density at radius 2 is 1.94 bits per heavy atom. The molecule has 0 atom stereocenters. The molecule has 2 rings (SSSR count). The second-order valence-corrected chi connectivity index (χ2v) is 3.87. The molecule has 1 heterocycles. The van der Waals surface area contributed by atoms with E-state index in [1.165, 1.54) is 0 Å². The molecule has 0 fully saturated rings. The van der Waals surface area contributed by atoms with Gasteiger partial charge in [-0.15, -0.1) is 0 Å². The number of nitrogens with one attached hydrogen (secondary N) is 1. The van der Waals surface area contributed by atoms with Crippen LogP contribution in [0.2, 0.25) is 0 Å². The number of carbonyl (C=O) groups excluding carboxylic acids is 1. The molecule has 1 N–H and O–H groups in total. The Morgan fingerprint density at radius 1 is 1.22 bits per heavy atom. The first kappa shape index (κ1) is 12.1. The van der Waals surface area contributed by atoms with Gasteiger partial charge in [0.1, 0.15) is 0 Å². The van der Waals surface area contributed by atoms with Gasteiger partial charge in [-0.1, -0.05) is 17.7 Å². The first-order valence-electron chi connectivity index (χ1n) is 5.58. The van der Waals surface area contributed by atoms with Crippen LogP contribution in [0.25, 0.3) is 0 Å². The molecular weight excluding hydrogens is 228 g/mol. The van der Waals surface area contributed by atoms with Crippen molar-refractivity contribution in [3.63, 3.8) is 0 Å². The molecule has 92 valence electrons. The van der Waals surface area contributed by atoms with Crippen molar-refractivity contribution < 1.29 is 9.53 Å². The van der Waals surface area contributed by atoms with Gasteiger partial charge in [0.2, 0.25) is 0 Å². The van der Waals surface area contributed by atoms with E-state index in [9.17, 15) is 4.79 Å². The average molecular weight is 242 g/mol. The van der Waals surface area contributed by atoms with E-state index in [1.54, 1.807) is 37.6 Å². The van der Waals surface area contributed by atoms with Crippen LogP contribution in [0.3, 0.4) is 0 Å². The molecule has 0 unspecified atom stereocenters. The number of aromatic nitrogens is 1. The zero-order valence-corrected chi connectivity index (χ0v) is 10.3. The second kappa shape index (κ2) is 5.31. The van der Waals surface area contributed by atoms with Crippen LogP contribution in [-0.2, 0) is 0 Å². The van der Waals surface area contributed by atoms with Crippen LogP contribution in [0.4, 0.5) is 5.82 Å². The van der Waals surface area contributed by atoms with E-state index in [4.69, 9.17) is 4.74 Å². The molecule has 1 amide bonds. The highest BCUT2D eigenvalue weighted by atomic mass is 16.5. The maximum atomic E-state index is 12.0. The monoisotopic (exact) mass is 242 g/mol.